The molecule has 1 unspecified atom stereocenters. The number of hydrogen-bond acceptors (Lipinski definition) is 3. The number of nitrogens with zero attached hydrogens (tertiary/aromatic N) is 1. The van der Waals surface area contributed by atoms with Gasteiger partial charge in [0.25, 0.3) is 0 Å². The van der Waals surface area contributed by atoms with Crippen molar-refractivity contribution in [3.63, 3.8) is 0 Å². The van der Waals surface area contributed by atoms with Gasteiger partial charge in [-0.25, -0.2) is 0 Å². The van der Waals surface area contributed by atoms with Crippen LogP contribution in [-0.2, 0) is 6.42 Å². The molecule has 0 N–H and O–H groups in total. The maximum Gasteiger partial charge on any atom is 0.135 e. The minimum atomic E-state index is 0.338. The van der Waals surface area contributed by atoms with Crippen LogP contribution in [0.4, 0.5) is 17.1 Å². The van der Waals surface area contributed by atoms with Crippen LogP contribution >= 0.6 is 11.3 Å². The Morgan fingerprint density at radius 3 is 2.11 bits per heavy atom. The van der Waals surface area contributed by atoms with Crippen LogP contribution in [0.5, 0.6) is 0 Å². The maximum atomic E-state index is 6.25. The fourth-order valence-electron chi connectivity index (χ4n) is 8.97. The normalized spacial score (nSPS) is 15.6. The minimum absolute atomic E-state index is 0.338. The molecule has 252 valence electrons. The molecule has 2 atom stereocenters. The van der Waals surface area contributed by atoms with Crippen LogP contribution in [0.3, 0.4) is 0 Å². The standard InChI is InChI=1S/C50H35NOS/c1-31-38-25-20-32-10-2-4-12-39(32)50(38)40-13-5-3-11-34(40)28-44(31)33-18-21-35(22-19-33)51(36-24-27-47-45(29-36)41-14-6-8-16-46(41)52-47)37-23-26-43-42-15-7-9-17-48(42)53-49(43)30-37/h2-27,29-31,44H,28H2,1H3/t31?,44-/m1/s1. The van der Waals surface area contributed by atoms with Gasteiger partial charge in [-0.3, -0.25) is 0 Å². The fourth-order valence-corrected chi connectivity index (χ4v) is 10.1. The maximum absolute atomic E-state index is 6.25. The summed E-state index contributed by atoms with van der Waals surface area (Å²) in [6, 6.07) is 62.6. The van der Waals surface area contributed by atoms with Crippen LogP contribution in [0.2, 0.25) is 0 Å². The second kappa shape index (κ2) is 11.9. The summed E-state index contributed by atoms with van der Waals surface area (Å²) in [5, 5.41) is 7.52. The Bertz CT molecular complexity index is 3020. The van der Waals surface area contributed by atoms with Gasteiger partial charge in [-0.05, 0) is 111 Å². The van der Waals surface area contributed by atoms with Crippen LogP contribution in [0.25, 0.3) is 64.0 Å². The molecule has 2 aromatic heterocycles. The summed E-state index contributed by atoms with van der Waals surface area (Å²) in [7, 11) is 0. The topological polar surface area (TPSA) is 16.4 Å². The van der Waals surface area contributed by atoms with Gasteiger partial charge >= 0.3 is 0 Å². The van der Waals surface area contributed by atoms with E-state index in [9.17, 15) is 0 Å². The molecule has 0 radical (unpaired) electrons. The van der Waals surface area contributed by atoms with E-state index < -0.39 is 0 Å². The number of fused-ring (bicyclic) bond motifs is 11. The Labute approximate surface area is 312 Å². The first kappa shape index (κ1) is 30.5. The molecule has 2 nitrogen and oxygen atoms in total. The van der Waals surface area contributed by atoms with Crippen molar-refractivity contribution >= 4 is 81.3 Å². The van der Waals surface area contributed by atoms with E-state index in [1.54, 1.807) is 0 Å². The highest BCUT2D eigenvalue weighted by atomic mass is 32.1. The highest BCUT2D eigenvalue weighted by Gasteiger charge is 2.30. The summed E-state index contributed by atoms with van der Waals surface area (Å²) >= 11 is 1.86. The molecule has 0 saturated carbocycles. The Morgan fingerprint density at radius 2 is 1.21 bits per heavy atom. The van der Waals surface area contributed by atoms with Crippen molar-refractivity contribution in [3.8, 4) is 11.1 Å². The molecule has 0 amide bonds. The summed E-state index contributed by atoms with van der Waals surface area (Å²) in [5.41, 5.74) is 12.2. The van der Waals surface area contributed by atoms with Crippen molar-refractivity contribution in [3.05, 3.63) is 187 Å². The molecule has 0 spiro atoms. The molecule has 0 aliphatic heterocycles. The van der Waals surface area contributed by atoms with Gasteiger partial charge in [0.05, 0.1) is 0 Å². The zero-order valence-electron chi connectivity index (χ0n) is 29.3. The van der Waals surface area contributed by atoms with E-state index in [-0.39, 0.29) is 0 Å². The lowest BCUT2D eigenvalue weighted by molar-refractivity contribution is 0.580. The average Bonchev–Trinajstić information content (AvgIpc) is 3.74. The Balaban J connectivity index is 1.05. The number of hydrogen-bond donors (Lipinski definition) is 0. The summed E-state index contributed by atoms with van der Waals surface area (Å²) in [6.45, 7) is 2.43. The summed E-state index contributed by atoms with van der Waals surface area (Å²) in [6.07, 6.45) is 0.996. The van der Waals surface area contributed by atoms with Gasteiger partial charge < -0.3 is 9.32 Å². The van der Waals surface area contributed by atoms with Crippen LogP contribution in [0, 0.1) is 0 Å². The quantitative estimate of drug-likeness (QED) is 0.182. The molecule has 3 heteroatoms. The van der Waals surface area contributed by atoms with Crippen molar-refractivity contribution in [1.29, 1.82) is 0 Å². The van der Waals surface area contributed by atoms with Gasteiger partial charge in [-0.1, -0.05) is 122 Å². The molecule has 2 heterocycles. The van der Waals surface area contributed by atoms with Crippen molar-refractivity contribution in [2.24, 2.45) is 0 Å². The second-order valence-corrected chi connectivity index (χ2v) is 15.6. The van der Waals surface area contributed by atoms with Gasteiger partial charge in [0.1, 0.15) is 11.2 Å². The largest absolute Gasteiger partial charge is 0.456 e. The van der Waals surface area contributed by atoms with E-state index in [4.69, 9.17) is 4.42 Å². The van der Waals surface area contributed by atoms with Gasteiger partial charge in [0.2, 0.25) is 0 Å². The first-order valence-electron chi connectivity index (χ1n) is 18.5. The van der Waals surface area contributed by atoms with Crippen molar-refractivity contribution < 1.29 is 4.42 Å². The highest BCUT2D eigenvalue weighted by molar-refractivity contribution is 7.25. The first-order valence-corrected chi connectivity index (χ1v) is 19.3. The van der Waals surface area contributed by atoms with Crippen LogP contribution < -0.4 is 4.90 Å². The lowest BCUT2D eigenvalue weighted by Gasteiger charge is -2.28. The number of thiophene rings is 1. The number of anilines is 3. The van der Waals surface area contributed by atoms with Crippen molar-refractivity contribution in [1.82, 2.24) is 0 Å². The van der Waals surface area contributed by atoms with E-state index >= 15 is 0 Å². The SMILES string of the molecule is CC1c2ccc3ccccc3c2-c2ccccc2C[C@H]1c1ccc(N(c2ccc3c(c2)sc2ccccc23)c2ccc3oc4ccccc4c3c2)cc1. The van der Waals surface area contributed by atoms with Crippen LogP contribution in [-0.4, -0.2) is 0 Å². The van der Waals surface area contributed by atoms with Gasteiger partial charge in [-0.2, -0.15) is 0 Å². The van der Waals surface area contributed by atoms with E-state index in [0.717, 1.165) is 45.4 Å². The third-order valence-electron chi connectivity index (χ3n) is 11.6. The summed E-state index contributed by atoms with van der Waals surface area (Å²) in [5.74, 6) is 0.681. The third-order valence-corrected chi connectivity index (χ3v) is 12.7. The molecule has 1 aliphatic carbocycles. The van der Waals surface area contributed by atoms with Gasteiger partial charge in [0, 0.05) is 48.0 Å². The molecule has 0 saturated heterocycles. The van der Waals surface area contributed by atoms with E-state index in [1.165, 1.54) is 58.8 Å². The predicted octanol–water partition coefficient (Wildman–Crippen LogP) is 14.7. The second-order valence-electron chi connectivity index (χ2n) is 14.5. The smallest absolute Gasteiger partial charge is 0.135 e. The summed E-state index contributed by atoms with van der Waals surface area (Å²) < 4.78 is 8.85. The monoisotopic (exact) mass is 697 g/mol. The molecular weight excluding hydrogens is 663 g/mol. The molecule has 10 aromatic rings. The van der Waals surface area contributed by atoms with Gasteiger partial charge in [-0.15, -0.1) is 11.3 Å². The molecule has 0 bridgehead atoms. The molecule has 53 heavy (non-hydrogen) atoms. The summed E-state index contributed by atoms with van der Waals surface area (Å²) in [4.78, 5) is 2.40. The number of benzene rings is 8. The Kier molecular flexibility index (Phi) is 6.87. The number of rotatable bonds is 4. The van der Waals surface area contributed by atoms with Crippen molar-refractivity contribution in [2.45, 2.75) is 25.2 Å². The molecule has 11 rings (SSSR count). The Hall–Kier alpha value is -6.16. The van der Waals surface area contributed by atoms with E-state index in [1.807, 2.05) is 17.4 Å². The zero-order valence-corrected chi connectivity index (χ0v) is 30.1. The molecule has 8 aromatic carbocycles. The van der Waals surface area contributed by atoms with Gasteiger partial charge in [0.15, 0.2) is 0 Å². The lowest BCUT2D eigenvalue weighted by atomic mass is 9.79. The van der Waals surface area contributed by atoms with Crippen LogP contribution in [0.15, 0.2) is 174 Å². The lowest BCUT2D eigenvalue weighted by Crippen LogP contribution is -2.12. The highest BCUT2D eigenvalue weighted by Crippen LogP contribution is 2.48. The Morgan fingerprint density at radius 1 is 0.528 bits per heavy atom. The number of furan rings is 1. The van der Waals surface area contributed by atoms with E-state index in [0.29, 0.717) is 11.8 Å². The first-order chi connectivity index (χ1) is 26.2. The fraction of sp³-hybridized carbons (Fsp3) is 0.0800. The molecule has 0 fully saturated rings. The molecular formula is C50H35NOS. The average molecular weight is 698 g/mol. The third kappa shape index (κ3) is 4.85. The predicted molar refractivity (Wildman–Crippen MR) is 226 cm³/mol. The molecule has 1 aliphatic rings. The van der Waals surface area contributed by atoms with Crippen molar-refractivity contribution in [2.75, 3.05) is 4.90 Å². The number of para-hydroxylation sites is 1. The minimum Gasteiger partial charge on any atom is -0.456 e. The van der Waals surface area contributed by atoms with E-state index in [2.05, 4.69) is 176 Å². The van der Waals surface area contributed by atoms with Crippen LogP contribution in [0.1, 0.15) is 35.4 Å². The zero-order chi connectivity index (χ0) is 35.0.